The summed E-state index contributed by atoms with van der Waals surface area (Å²) in [6.07, 6.45) is 15.5. The molecule has 1 saturated carbocycles. The monoisotopic (exact) mass is 1630 g/mol. The van der Waals surface area contributed by atoms with Crippen molar-refractivity contribution >= 4 is 110 Å². The largest absolute Gasteiger partial charge is 0.481 e. The van der Waals surface area contributed by atoms with Crippen molar-refractivity contribution in [3.8, 4) is 0 Å². The van der Waals surface area contributed by atoms with Crippen molar-refractivity contribution in [1.29, 1.82) is 0 Å². The van der Waals surface area contributed by atoms with Crippen molar-refractivity contribution in [1.82, 2.24) is 0 Å². The van der Waals surface area contributed by atoms with Crippen molar-refractivity contribution in [3.63, 3.8) is 0 Å². The molecule has 0 radical (unpaired) electrons. The van der Waals surface area contributed by atoms with Gasteiger partial charge in [0, 0.05) is 31.5 Å². The van der Waals surface area contributed by atoms with Crippen LogP contribution in [0.2, 0.25) is 115 Å². The van der Waals surface area contributed by atoms with E-state index in [1.54, 1.807) is 0 Å². The lowest BCUT2D eigenvalue weighted by Crippen LogP contribution is -2.44. The van der Waals surface area contributed by atoms with Crippen LogP contribution in [0.3, 0.4) is 0 Å². The van der Waals surface area contributed by atoms with Crippen LogP contribution in [0.5, 0.6) is 0 Å². The quantitative estimate of drug-likeness (QED) is 0.0138. The lowest BCUT2D eigenvalue weighted by atomic mass is 9.83. The normalized spacial score (nSPS) is 15.4. The summed E-state index contributed by atoms with van der Waals surface area (Å²) in [7, 11) is -10.1. The van der Waals surface area contributed by atoms with Gasteiger partial charge in [0.2, 0.25) is 0 Å². The van der Waals surface area contributed by atoms with Gasteiger partial charge in [-0.25, -0.2) is 38.4 Å². The third-order valence-corrected chi connectivity index (χ3v) is 40.3. The van der Waals surface area contributed by atoms with Crippen LogP contribution in [-0.4, -0.2) is 211 Å². The SMILES string of the molecule is C=C(C)C(=O)OCCOC(=O)c1ccc(C(=O)OCCOCCC[Si](C)(C)O[Si](C)(C)CCCC)c(C(=O)O)c1.C=CC(=O)OCCOC(=O)c1ccc(C(=O)OCCOCCC[Si](C)(C)O[Si](C)(C)CCCC)c(C(=O)O)c1.CCCC[Si](C)(C)O[Si](C)(C)CCCOCCOC(=O)C1C2C=CC(C2)C1C(=O)O. The van der Waals surface area contributed by atoms with Gasteiger partial charge >= 0.3 is 59.7 Å². The number of aromatic carboxylic acids is 2. The van der Waals surface area contributed by atoms with Gasteiger partial charge in [-0.2, -0.15) is 0 Å². The van der Waals surface area contributed by atoms with Crippen LogP contribution in [-0.2, 0) is 78.9 Å². The molecule has 2 aromatic carbocycles. The molecular formula is C77H126O26Si6. The number of benzene rings is 2. The summed E-state index contributed by atoms with van der Waals surface area (Å²) in [5.74, 6) is -9.95. The number of ether oxygens (including phenoxy) is 10. The first-order valence-corrected chi connectivity index (χ1v) is 56.7. The molecule has 4 atom stereocenters. The summed E-state index contributed by atoms with van der Waals surface area (Å²) >= 11 is 0. The fourth-order valence-electron chi connectivity index (χ4n) is 12.7. The molecule has 26 nitrogen and oxygen atoms in total. The summed E-state index contributed by atoms with van der Waals surface area (Å²) < 4.78 is 71.8. The summed E-state index contributed by atoms with van der Waals surface area (Å²) in [5, 5.41) is 28.5. The molecule has 0 amide bonds. The Kier molecular flexibility index (Phi) is 44.9. The molecule has 2 aliphatic rings. The summed E-state index contributed by atoms with van der Waals surface area (Å²) in [6, 6.07) is 13.6. The number of unbranched alkanes of at least 4 members (excludes halogenated alkanes) is 3. The van der Waals surface area contributed by atoms with Crippen molar-refractivity contribution in [2.24, 2.45) is 23.7 Å². The molecule has 1 fully saturated rings. The highest BCUT2D eigenvalue weighted by Crippen LogP contribution is 2.48. The molecule has 0 spiro atoms. The molecule has 0 aliphatic heterocycles. The van der Waals surface area contributed by atoms with Gasteiger partial charge in [-0.3, -0.25) is 9.59 Å². The molecule has 0 saturated heterocycles. The lowest BCUT2D eigenvalue weighted by molar-refractivity contribution is -0.159. The zero-order chi connectivity index (χ0) is 82.2. The number of esters is 7. The number of allylic oxidation sites excluding steroid dienone is 2. The Bertz CT molecular complexity index is 3310. The van der Waals surface area contributed by atoms with Gasteiger partial charge in [0.25, 0.3) is 0 Å². The maximum Gasteiger partial charge on any atom is 0.339 e. The summed E-state index contributed by atoms with van der Waals surface area (Å²) in [5.41, 5.74) is -1.12. The fourth-order valence-corrected chi connectivity index (χ4v) is 39.7. The first-order chi connectivity index (χ1) is 51.1. The van der Waals surface area contributed by atoms with E-state index in [4.69, 9.17) is 59.7 Å². The minimum Gasteiger partial charge on any atom is -0.481 e. The van der Waals surface area contributed by atoms with Crippen molar-refractivity contribution in [2.75, 3.05) is 85.9 Å². The molecule has 4 rings (SSSR count). The Morgan fingerprint density at radius 3 is 1.05 bits per heavy atom. The molecule has 3 N–H and O–H groups in total. The van der Waals surface area contributed by atoms with E-state index in [1.165, 1.54) is 87.8 Å². The maximum atomic E-state index is 12.5. The van der Waals surface area contributed by atoms with Gasteiger partial charge in [0.05, 0.1) is 65.0 Å². The minimum atomic E-state index is -1.78. The van der Waals surface area contributed by atoms with E-state index in [2.05, 4.69) is 112 Å². The average Bonchev–Trinajstić information content (AvgIpc) is 1.66. The third-order valence-electron chi connectivity index (χ3n) is 17.7. The Morgan fingerprint density at radius 2 is 0.716 bits per heavy atom. The number of hydrogen-bond donors (Lipinski definition) is 3. The zero-order valence-corrected chi connectivity index (χ0v) is 73.7. The molecule has 614 valence electrons. The molecule has 0 aromatic heterocycles. The fraction of sp³-hybridized carbons (Fsp3) is 0.636. The Balaban J connectivity index is 0.000000561. The second-order valence-electron chi connectivity index (χ2n) is 30.8. The number of fused-ring (bicyclic) bond motifs is 2. The van der Waals surface area contributed by atoms with Gasteiger partial charge in [-0.05, 0) is 196 Å². The average molecular weight is 1640 g/mol. The Labute approximate surface area is 652 Å². The van der Waals surface area contributed by atoms with Crippen molar-refractivity contribution in [2.45, 2.75) is 207 Å². The first-order valence-electron chi connectivity index (χ1n) is 38.0. The highest BCUT2D eigenvalue weighted by atomic mass is 28.4. The van der Waals surface area contributed by atoms with E-state index >= 15 is 0 Å². The predicted molar refractivity (Wildman–Crippen MR) is 429 cm³/mol. The van der Waals surface area contributed by atoms with Gasteiger partial charge in [-0.15, -0.1) is 0 Å². The van der Waals surface area contributed by atoms with Crippen LogP contribution in [0, 0.1) is 23.7 Å². The van der Waals surface area contributed by atoms with Gasteiger partial charge < -0.3 is 75.0 Å². The van der Waals surface area contributed by atoms with E-state index in [-0.39, 0.29) is 99.1 Å². The van der Waals surface area contributed by atoms with E-state index in [0.29, 0.717) is 26.4 Å². The predicted octanol–water partition coefficient (Wildman–Crippen LogP) is 15.2. The van der Waals surface area contributed by atoms with Gasteiger partial charge in [0.1, 0.15) is 46.2 Å². The van der Waals surface area contributed by atoms with Crippen LogP contribution >= 0.6 is 0 Å². The molecule has 2 aromatic rings. The second kappa shape index (κ2) is 49.7. The maximum absolute atomic E-state index is 12.5. The smallest absolute Gasteiger partial charge is 0.339 e. The topological polar surface area (TPSA) is 351 Å². The van der Waals surface area contributed by atoms with E-state index < -0.39 is 133 Å². The highest BCUT2D eigenvalue weighted by molar-refractivity contribution is 6.86. The van der Waals surface area contributed by atoms with Crippen LogP contribution in [0.1, 0.15) is 154 Å². The summed E-state index contributed by atoms with van der Waals surface area (Å²) in [4.78, 5) is 119. The van der Waals surface area contributed by atoms with Crippen LogP contribution in [0.4, 0.5) is 0 Å². The molecule has 0 heterocycles. The van der Waals surface area contributed by atoms with Crippen LogP contribution < -0.4 is 0 Å². The number of rotatable bonds is 52. The molecule has 32 heteroatoms. The zero-order valence-electron chi connectivity index (χ0n) is 67.7. The van der Waals surface area contributed by atoms with Crippen LogP contribution in [0.25, 0.3) is 0 Å². The number of hydrogen-bond acceptors (Lipinski definition) is 23. The Morgan fingerprint density at radius 1 is 0.404 bits per heavy atom. The molecular weight excluding hydrogens is 1510 g/mol. The number of carboxylic acid groups (broad SMARTS) is 3. The van der Waals surface area contributed by atoms with Crippen molar-refractivity contribution < 1.29 is 123 Å². The van der Waals surface area contributed by atoms with Gasteiger partial charge in [0.15, 0.2) is 49.9 Å². The number of carboxylic acids is 3. The van der Waals surface area contributed by atoms with E-state index in [0.717, 1.165) is 62.0 Å². The molecule has 2 aliphatic carbocycles. The van der Waals surface area contributed by atoms with Gasteiger partial charge in [-0.1, -0.05) is 84.6 Å². The molecule has 4 unspecified atom stereocenters. The van der Waals surface area contributed by atoms with E-state index in [9.17, 15) is 63.3 Å². The molecule has 2 bridgehead atoms. The number of aliphatic carboxylic acids is 1. The number of carbonyl (C=O) groups is 10. The third kappa shape index (κ3) is 39.9. The second-order valence-corrected chi connectivity index (χ2v) is 57.4. The van der Waals surface area contributed by atoms with Crippen molar-refractivity contribution in [3.05, 3.63) is 107 Å². The number of carbonyl (C=O) groups excluding carboxylic acids is 7. The standard InChI is InChI=1S/C28H44O10Si2.C27H42O10Si2.C22H40O6Si2/c1-8-9-18-39(4,5)38-40(6,7)19-10-13-34-14-15-37-28(33)23-12-11-22(20-24(23)25(29)30)27(32)36-17-16-35-26(31)21(2)3;1-7-9-18-38(3,4)37-39(5,6)19-10-13-33-14-15-36-27(32)22-12-11-21(20-23(22)25(29)30)26(31)35-17-16-34-24(28)8-2;1-6-7-14-29(2,3)28-30(4,5)15-8-11-26-12-13-27-22(25)20-18-10-9-17(16-18)19(20)21(23)24/h11-12,20H,2,8-10,13-19H2,1,3-7H3,(H,29,30);8,11-12,20H,2,7,9-10,13-19H2,1,3-6H3,(H,29,30);9-10,17-20H,6-8,11-16H2,1-5H3,(H,23,24). The first kappa shape index (κ1) is 98.5. The highest BCUT2D eigenvalue weighted by Gasteiger charge is 2.52. The Hall–Kier alpha value is -6.58. The lowest BCUT2D eigenvalue weighted by Gasteiger charge is -2.34. The van der Waals surface area contributed by atoms with E-state index in [1.807, 2.05) is 12.2 Å². The molecule has 109 heavy (non-hydrogen) atoms. The van der Waals surface area contributed by atoms with Crippen LogP contribution in [0.15, 0.2) is 73.4 Å². The minimum absolute atomic E-state index is 0.00170. The summed E-state index contributed by atoms with van der Waals surface area (Å²) in [6.45, 7) is 43.7.